The Morgan fingerprint density at radius 1 is 1.25 bits per heavy atom. The number of benzene rings is 1. The average molecular weight is 372 g/mol. The number of nitrogens with zero attached hydrogens (tertiary/aromatic N) is 5. The molecule has 3 aromatic rings. The van der Waals surface area contributed by atoms with Crippen LogP contribution in [0.2, 0.25) is 0 Å². The molecule has 2 aliphatic heterocycles. The van der Waals surface area contributed by atoms with Crippen LogP contribution in [0, 0.1) is 23.7 Å². The van der Waals surface area contributed by atoms with E-state index in [2.05, 4.69) is 37.5 Å². The molecule has 2 fully saturated rings. The normalized spacial score (nSPS) is 17.1. The summed E-state index contributed by atoms with van der Waals surface area (Å²) in [6.07, 6.45) is 1.92. The van der Waals surface area contributed by atoms with Crippen molar-refractivity contribution >= 4 is 22.4 Å². The second kappa shape index (κ2) is 6.43. The van der Waals surface area contributed by atoms with E-state index in [-0.39, 0.29) is 0 Å². The minimum Gasteiger partial charge on any atom is -0.380 e. The van der Waals surface area contributed by atoms with Crippen LogP contribution >= 0.6 is 0 Å². The van der Waals surface area contributed by atoms with Gasteiger partial charge in [0.15, 0.2) is 5.82 Å². The number of nitrogens with one attached hydrogen (secondary N) is 1. The van der Waals surface area contributed by atoms with Gasteiger partial charge in [0.1, 0.15) is 0 Å². The third kappa shape index (κ3) is 2.83. The Morgan fingerprint density at radius 2 is 2.11 bits per heavy atom. The first-order valence-corrected chi connectivity index (χ1v) is 9.34. The third-order valence-electron chi connectivity index (χ3n) is 5.52. The molecule has 7 nitrogen and oxygen atoms in total. The summed E-state index contributed by atoms with van der Waals surface area (Å²) in [4.78, 5) is 7.00. The van der Waals surface area contributed by atoms with Gasteiger partial charge >= 0.3 is 0 Å². The summed E-state index contributed by atoms with van der Waals surface area (Å²) in [6, 6.07) is 11.9. The molecule has 28 heavy (non-hydrogen) atoms. The first-order valence-electron chi connectivity index (χ1n) is 9.34. The molecule has 2 aromatic heterocycles. The zero-order valence-electron chi connectivity index (χ0n) is 15.6. The smallest absolute Gasteiger partial charge is 0.158 e. The van der Waals surface area contributed by atoms with Gasteiger partial charge in [-0.15, -0.1) is 5.10 Å². The molecule has 0 atom stereocenters. The lowest BCUT2D eigenvalue weighted by atomic mass is 9.78. The van der Waals surface area contributed by atoms with Gasteiger partial charge in [0.25, 0.3) is 0 Å². The first kappa shape index (κ1) is 16.9. The number of rotatable bonds is 4. The van der Waals surface area contributed by atoms with E-state index in [4.69, 9.17) is 10.00 Å². The number of aryl methyl sites for hydroxylation is 1. The molecule has 4 heterocycles. The second-order valence-corrected chi connectivity index (χ2v) is 7.74. The van der Waals surface area contributed by atoms with Gasteiger partial charge in [-0.05, 0) is 30.7 Å². The Hall–Kier alpha value is -3.24. The van der Waals surface area contributed by atoms with E-state index in [9.17, 15) is 0 Å². The average Bonchev–Trinajstić information content (AvgIpc) is 2.65. The van der Waals surface area contributed by atoms with Crippen molar-refractivity contribution in [1.29, 1.82) is 5.26 Å². The van der Waals surface area contributed by atoms with E-state index in [1.807, 2.05) is 31.3 Å². The summed E-state index contributed by atoms with van der Waals surface area (Å²) in [5.74, 6) is 0.708. The Kier molecular flexibility index (Phi) is 3.88. The third-order valence-corrected chi connectivity index (χ3v) is 5.52. The summed E-state index contributed by atoms with van der Waals surface area (Å²) in [5.41, 5.74) is 4.80. The van der Waals surface area contributed by atoms with Crippen molar-refractivity contribution in [2.45, 2.75) is 13.5 Å². The number of hydrogen-bond acceptors (Lipinski definition) is 7. The molecular weight excluding hydrogens is 352 g/mol. The van der Waals surface area contributed by atoms with Crippen LogP contribution < -0.4 is 10.2 Å². The number of fused-ring (bicyclic) bond motifs is 1. The fourth-order valence-corrected chi connectivity index (χ4v) is 3.91. The molecule has 1 aromatic carbocycles. The quantitative estimate of drug-likeness (QED) is 0.753. The van der Waals surface area contributed by atoms with Gasteiger partial charge in [0.05, 0.1) is 53.4 Å². The molecule has 2 aliphatic rings. The number of pyridine rings is 1. The van der Waals surface area contributed by atoms with Crippen molar-refractivity contribution < 1.29 is 4.74 Å². The molecule has 0 aliphatic carbocycles. The minimum atomic E-state index is 0.355. The molecule has 140 valence electrons. The summed E-state index contributed by atoms with van der Waals surface area (Å²) < 4.78 is 5.37. The van der Waals surface area contributed by atoms with Gasteiger partial charge in [-0.2, -0.15) is 10.4 Å². The lowest BCUT2D eigenvalue weighted by Gasteiger charge is -2.55. The molecule has 1 N–H and O–H groups in total. The summed E-state index contributed by atoms with van der Waals surface area (Å²) in [5, 5.41) is 22.0. The number of aromatic nitrogens is 3. The molecule has 1 spiro atoms. The molecule has 0 unspecified atom stereocenters. The number of anilines is 2. The zero-order valence-corrected chi connectivity index (χ0v) is 15.6. The highest BCUT2D eigenvalue weighted by Gasteiger charge is 2.49. The van der Waals surface area contributed by atoms with Gasteiger partial charge in [-0.3, -0.25) is 4.98 Å². The Labute approximate surface area is 163 Å². The number of nitriles is 1. The largest absolute Gasteiger partial charge is 0.380 e. The van der Waals surface area contributed by atoms with Gasteiger partial charge in [0.2, 0.25) is 0 Å². The molecule has 0 bridgehead atoms. The Bertz CT molecular complexity index is 1090. The topological polar surface area (TPSA) is 87.0 Å². The van der Waals surface area contributed by atoms with E-state index in [1.165, 1.54) is 0 Å². The number of hydrogen-bond donors (Lipinski definition) is 1. The van der Waals surface area contributed by atoms with E-state index in [1.54, 1.807) is 6.07 Å². The SMILES string of the molecule is Cc1nnc(NCc2cccc(C#N)c2)c2cc(N3CC4(COC4)C3)cnc12. The molecule has 0 amide bonds. The van der Waals surface area contributed by atoms with Crippen LogP contribution in [-0.2, 0) is 11.3 Å². The van der Waals surface area contributed by atoms with Crippen molar-refractivity contribution in [2.75, 3.05) is 36.5 Å². The van der Waals surface area contributed by atoms with Gasteiger partial charge in [-0.25, -0.2) is 0 Å². The predicted octanol–water partition coefficient (Wildman–Crippen LogP) is 2.65. The highest BCUT2D eigenvalue weighted by atomic mass is 16.5. The predicted molar refractivity (Wildman–Crippen MR) is 106 cm³/mol. The van der Waals surface area contributed by atoms with Crippen molar-refractivity contribution in [1.82, 2.24) is 15.2 Å². The van der Waals surface area contributed by atoms with Crippen molar-refractivity contribution in [3.05, 3.63) is 53.3 Å². The molecule has 5 rings (SSSR count). The molecule has 0 saturated carbocycles. The van der Waals surface area contributed by atoms with Crippen molar-refractivity contribution in [3.8, 4) is 6.07 Å². The summed E-state index contributed by atoms with van der Waals surface area (Å²) >= 11 is 0. The second-order valence-electron chi connectivity index (χ2n) is 7.74. The van der Waals surface area contributed by atoms with Crippen molar-refractivity contribution in [2.24, 2.45) is 5.41 Å². The van der Waals surface area contributed by atoms with E-state index in [0.29, 0.717) is 23.3 Å². The zero-order chi connectivity index (χ0) is 19.1. The lowest BCUT2D eigenvalue weighted by molar-refractivity contribution is -0.127. The maximum absolute atomic E-state index is 9.08. The standard InChI is InChI=1S/C21H20N6O/c1-14-19-18(6-17(9-23-19)27-10-21(11-27)12-28-13-21)20(26-25-14)24-8-16-4-2-3-15(5-16)7-22/h2-6,9H,8,10-13H2,1H3,(H,24,26). The molecule has 2 saturated heterocycles. The van der Waals surface area contributed by atoms with Crippen LogP contribution in [0.4, 0.5) is 11.5 Å². The molecule has 7 heteroatoms. The van der Waals surface area contributed by atoms with Gasteiger partial charge in [-0.1, -0.05) is 12.1 Å². The molecular formula is C21H20N6O. The monoisotopic (exact) mass is 372 g/mol. The van der Waals surface area contributed by atoms with Gasteiger partial charge in [0, 0.05) is 25.0 Å². The first-order chi connectivity index (χ1) is 13.7. The maximum Gasteiger partial charge on any atom is 0.158 e. The van der Waals surface area contributed by atoms with Crippen LogP contribution in [0.1, 0.15) is 16.8 Å². The van der Waals surface area contributed by atoms with Crippen LogP contribution in [-0.4, -0.2) is 41.5 Å². The Morgan fingerprint density at radius 3 is 2.86 bits per heavy atom. The van der Waals surface area contributed by atoms with Crippen LogP contribution in [0.15, 0.2) is 36.5 Å². The lowest BCUT2D eigenvalue weighted by Crippen LogP contribution is -2.66. The highest BCUT2D eigenvalue weighted by molar-refractivity contribution is 5.92. The fourth-order valence-electron chi connectivity index (χ4n) is 3.91. The van der Waals surface area contributed by atoms with E-state index < -0.39 is 0 Å². The molecule has 0 radical (unpaired) electrons. The van der Waals surface area contributed by atoms with E-state index >= 15 is 0 Å². The minimum absolute atomic E-state index is 0.355. The Balaban J connectivity index is 1.42. The van der Waals surface area contributed by atoms with E-state index in [0.717, 1.165) is 54.2 Å². The summed E-state index contributed by atoms with van der Waals surface area (Å²) in [6.45, 7) is 6.25. The summed E-state index contributed by atoms with van der Waals surface area (Å²) in [7, 11) is 0. The van der Waals surface area contributed by atoms with Crippen molar-refractivity contribution in [3.63, 3.8) is 0 Å². The maximum atomic E-state index is 9.08. The highest BCUT2D eigenvalue weighted by Crippen LogP contribution is 2.40. The van der Waals surface area contributed by atoms with Crippen LogP contribution in [0.3, 0.4) is 0 Å². The number of ether oxygens (including phenoxy) is 1. The fraction of sp³-hybridized carbons (Fsp3) is 0.333. The van der Waals surface area contributed by atoms with Crippen LogP contribution in [0.25, 0.3) is 10.9 Å². The van der Waals surface area contributed by atoms with Gasteiger partial charge < -0.3 is 15.0 Å². The van der Waals surface area contributed by atoms with Crippen LogP contribution in [0.5, 0.6) is 0 Å².